The molecule has 0 radical (unpaired) electrons. The summed E-state index contributed by atoms with van der Waals surface area (Å²) in [5.74, 6) is 2.55. The van der Waals surface area contributed by atoms with E-state index >= 15 is 0 Å². The Hall–Kier alpha value is -2.63. The second kappa shape index (κ2) is 8.21. The Labute approximate surface area is 209 Å². The third kappa shape index (κ3) is 4.52. The smallest absolute Gasteiger partial charge is 0.291 e. The average molecular weight is 477 g/mol. The van der Waals surface area contributed by atoms with Crippen LogP contribution in [0.3, 0.4) is 0 Å². The summed E-state index contributed by atoms with van der Waals surface area (Å²) in [5.41, 5.74) is 6.49. The third-order valence-electron chi connectivity index (χ3n) is 8.55. The van der Waals surface area contributed by atoms with Gasteiger partial charge in [-0.05, 0) is 90.9 Å². The highest BCUT2D eigenvalue weighted by atomic mass is 16.3. The Kier molecular flexibility index (Phi) is 5.65. The highest BCUT2D eigenvalue weighted by Gasteiger charge is 2.52. The van der Waals surface area contributed by atoms with Gasteiger partial charge in [0.1, 0.15) is 5.75 Å². The van der Waals surface area contributed by atoms with E-state index in [9.17, 15) is 9.90 Å². The number of rotatable bonds is 4. The first kappa shape index (κ1) is 24.1. The Bertz CT molecular complexity index is 1090. The molecule has 4 fully saturated rings. The molecule has 2 aromatic rings. The van der Waals surface area contributed by atoms with E-state index in [0.717, 1.165) is 40.1 Å². The summed E-state index contributed by atoms with van der Waals surface area (Å²) < 4.78 is 0. The standard InChI is InChI=1S/C29H40N4O2/c1-27(2,3)21-10-20(11-22(25(21)34)28(4,5)6)16-30-33-26(35)23-12-24(32-31-23)29-13-17-7-18(14-29)9-19(8-17)15-29/h10-12,16-19,34H,7-9,13-15H2,1-6H3,(H,31,32)(H,33,35). The number of nitrogens with zero attached hydrogens (tertiary/aromatic N) is 2. The summed E-state index contributed by atoms with van der Waals surface area (Å²) in [6, 6.07) is 5.84. The topological polar surface area (TPSA) is 90.4 Å². The van der Waals surface area contributed by atoms with Gasteiger partial charge < -0.3 is 5.11 Å². The fourth-order valence-electron chi connectivity index (χ4n) is 7.25. The zero-order chi connectivity index (χ0) is 25.2. The fraction of sp³-hybridized carbons (Fsp3) is 0.621. The number of phenolic OH excluding ortho intramolecular Hbond substituents is 1. The molecule has 4 aliphatic carbocycles. The summed E-state index contributed by atoms with van der Waals surface area (Å²) in [6.07, 6.45) is 9.50. The lowest BCUT2D eigenvalue weighted by molar-refractivity contribution is -0.00721. The molecule has 0 atom stereocenters. The zero-order valence-corrected chi connectivity index (χ0v) is 22.0. The highest BCUT2D eigenvalue weighted by Crippen LogP contribution is 2.60. The van der Waals surface area contributed by atoms with Crippen LogP contribution in [-0.4, -0.2) is 27.4 Å². The van der Waals surface area contributed by atoms with Crippen LogP contribution in [0, 0.1) is 17.8 Å². The van der Waals surface area contributed by atoms with Gasteiger partial charge in [-0.2, -0.15) is 10.2 Å². The van der Waals surface area contributed by atoms with Gasteiger partial charge in [-0.1, -0.05) is 41.5 Å². The summed E-state index contributed by atoms with van der Waals surface area (Å²) in [5, 5.41) is 22.7. The lowest BCUT2D eigenvalue weighted by atomic mass is 9.49. The van der Waals surface area contributed by atoms with Crippen molar-refractivity contribution in [2.24, 2.45) is 22.9 Å². The lowest BCUT2D eigenvalue weighted by Crippen LogP contribution is -2.48. The van der Waals surface area contributed by atoms with Crippen molar-refractivity contribution in [2.45, 2.75) is 96.3 Å². The van der Waals surface area contributed by atoms with E-state index in [1.54, 1.807) is 6.21 Å². The second-order valence-corrected chi connectivity index (χ2v) is 13.5. The zero-order valence-electron chi connectivity index (χ0n) is 22.0. The minimum atomic E-state index is -0.306. The van der Waals surface area contributed by atoms with E-state index in [1.807, 2.05) is 18.2 Å². The Morgan fingerprint density at radius 3 is 2.00 bits per heavy atom. The van der Waals surface area contributed by atoms with Crippen molar-refractivity contribution in [3.63, 3.8) is 0 Å². The first-order valence-electron chi connectivity index (χ1n) is 13.1. The maximum atomic E-state index is 12.8. The van der Waals surface area contributed by atoms with Crippen LogP contribution in [-0.2, 0) is 16.2 Å². The number of hydrazone groups is 1. The van der Waals surface area contributed by atoms with E-state index in [0.29, 0.717) is 11.4 Å². The molecule has 35 heavy (non-hydrogen) atoms. The molecule has 6 heteroatoms. The van der Waals surface area contributed by atoms with Crippen molar-refractivity contribution < 1.29 is 9.90 Å². The van der Waals surface area contributed by atoms with Crippen LogP contribution in [0.5, 0.6) is 5.75 Å². The van der Waals surface area contributed by atoms with Gasteiger partial charge in [0.25, 0.3) is 5.91 Å². The lowest BCUT2D eigenvalue weighted by Gasteiger charge is -2.56. The molecule has 4 aliphatic rings. The van der Waals surface area contributed by atoms with Crippen molar-refractivity contribution in [1.29, 1.82) is 0 Å². The Morgan fingerprint density at radius 2 is 1.51 bits per heavy atom. The minimum absolute atomic E-state index is 0.183. The van der Waals surface area contributed by atoms with Gasteiger partial charge >= 0.3 is 0 Å². The SMILES string of the molecule is CC(C)(C)c1cc(C=NNC(=O)c2cc(C34CC5CC(CC(C5)C3)C4)[nH]n2)cc(C(C)(C)C)c1O. The van der Waals surface area contributed by atoms with E-state index in [1.165, 1.54) is 38.5 Å². The Balaban J connectivity index is 1.32. The van der Waals surface area contributed by atoms with E-state index in [4.69, 9.17) is 0 Å². The number of amides is 1. The summed E-state index contributed by atoms with van der Waals surface area (Å²) >= 11 is 0. The van der Waals surface area contributed by atoms with Crippen LogP contribution in [0.15, 0.2) is 23.3 Å². The highest BCUT2D eigenvalue weighted by molar-refractivity contribution is 5.93. The van der Waals surface area contributed by atoms with Gasteiger partial charge in [0.15, 0.2) is 5.69 Å². The van der Waals surface area contributed by atoms with Crippen molar-refractivity contribution >= 4 is 12.1 Å². The largest absolute Gasteiger partial charge is 0.507 e. The van der Waals surface area contributed by atoms with Gasteiger partial charge in [-0.3, -0.25) is 9.89 Å². The molecule has 4 bridgehead atoms. The fourth-order valence-corrected chi connectivity index (χ4v) is 7.25. The molecule has 6 nitrogen and oxygen atoms in total. The molecule has 0 unspecified atom stereocenters. The van der Waals surface area contributed by atoms with E-state index in [2.05, 4.69) is 62.3 Å². The molecule has 0 saturated heterocycles. The molecular weight excluding hydrogens is 436 g/mol. The molecule has 0 aliphatic heterocycles. The molecule has 1 aromatic heterocycles. The number of phenols is 1. The molecule has 6 rings (SSSR count). The number of hydrogen-bond donors (Lipinski definition) is 3. The summed E-state index contributed by atoms with van der Waals surface area (Å²) in [4.78, 5) is 12.8. The van der Waals surface area contributed by atoms with Gasteiger partial charge in [0.05, 0.1) is 6.21 Å². The van der Waals surface area contributed by atoms with Crippen LogP contribution < -0.4 is 5.43 Å². The maximum absolute atomic E-state index is 12.8. The maximum Gasteiger partial charge on any atom is 0.291 e. The molecule has 4 saturated carbocycles. The van der Waals surface area contributed by atoms with E-state index < -0.39 is 0 Å². The molecule has 1 heterocycles. The van der Waals surface area contributed by atoms with Crippen molar-refractivity contribution in [3.8, 4) is 5.75 Å². The molecule has 0 spiro atoms. The summed E-state index contributed by atoms with van der Waals surface area (Å²) in [6.45, 7) is 12.5. The number of hydrogen-bond acceptors (Lipinski definition) is 4. The summed E-state index contributed by atoms with van der Waals surface area (Å²) in [7, 11) is 0. The third-order valence-corrected chi connectivity index (χ3v) is 8.55. The van der Waals surface area contributed by atoms with Crippen molar-refractivity contribution in [3.05, 3.63) is 46.3 Å². The number of aromatic hydroxyl groups is 1. The average Bonchev–Trinajstić information content (AvgIpc) is 3.23. The predicted octanol–water partition coefficient (Wildman–Crippen LogP) is 5.94. The van der Waals surface area contributed by atoms with E-state index in [-0.39, 0.29) is 22.2 Å². The van der Waals surface area contributed by atoms with Crippen LogP contribution in [0.2, 0.25) is 0 Å². The van der Waals surface area contributed by atoms with Crippen LogP contribution >= 0.6 is 0 Å². The van der Waals surface area contributed by atoms with Crippen LogP contribution in [0.4, 0.5) is 0 Å². The Morgan fingerprint density at radius 1 is 1.00 bits per heavy atom. The van der Waals surface area contributed by atoms with Crippen LogP contribution in [0.25, 0.3) is 0 Å². The number of nitrogens with one attached hydrogen (secondary N) is 2. The monoisotopic (exact) mass is 476 g/mol. The molecule has 188 valence electrons. The van der Waals surface area contributed by atoms with Gasteiger partial charge in [0.2, 0.25) is 0 Å². The van der Waals surface area contributed by atoms with Crippen molar-refractivity contribution in [2.75, 3.05) is 0 Å². The van der Waals surface area contributed by atoms with Crippen molar-refractivity contribution in [1.82, 2.24) is 15.6 Å². The first-order valence-corrected chi connectivity index (χ1v) is 13.1. The van der Waals surface area contributed by atoms with Gasteiger partial charge in [-0.15, -0.1) is 0 Å². The normalized spacial score (nSPS) is 28.1. The number of aromatic amines is 1. The van der Waals surface area contributed by atoms with Gasteiger partial charge in [-0.25, -0.2) is 5.43 Å². The number of carbonyl (C=O) groups is 1. The number of H-pyrrole nitrogens is 1. The quantitative estimate of drug-likeness (QED) is 0.377. The molecular formula is C29H40N4O2. The number of carbonyl (C=O) groups excluding carboxylic acids is 1. The van der Waals surface area contributed by atoms with Gasteiger partial charge in [0, 0.05) is 22.2 Å². The first-order chi connectivity index (χ1) is 16.3. The predicted molar refractivity (Wildman–Crippen MR) is 139 cm³/mol. The number of benzene rings is 1. The number of aromatic nitrogens is 2. The molecule has 1 aromatic carbocycles. The van der Waals surface area contributed by atoms with Crippen LogP contribution in [0.1, 0.15) is 113 Å². The molecule has 3 N–H and O–H groups in total. The second-order valence-electron chi connectivity index (χ2n) is 13.5. The minimum Gasteiger partial charge on any atom is -0.507 e. The molecule has 1 amide bonds.